The first kappa shape index (κ1) is 10.4. The van der Waals surface area contributed by atoms with Crippen molar-refractivity contribution in [2.45, 2.75) is 0 Å². The molecule has 0 bridgehead atoms. The lowest BCUT2D eigenvalue weighted by atomic mass is 9.87. The molecular weight excluding hydrogens is 261 g/mol. The predicted octanol–water partition coefficient (Wildman–Crippen LogP) is 0.784. The average Bonchev–Trinajstić information content (AvgIpc) is 2.66. The zero-order valence-corrected chi connectivity index (χ0v) is 9.18. The van der Waals surface area contributed by atoms with Crippen LogP contribution in [0.2, 0.25) is 0 Å². The molecule has 76 valence electrons. The highest BCUT2D eigenvalue weighted by Crippen LogP contribution is 2.19. The van der Waals surface area contributed by atoms with Gasteiger partial charge in [0.05, 0.1) is 12.0 Å². The summed E-state index contributed by atoms with van der Waals surface area (Å²) in [7, 11) is -1.59. The molecule has 0 aliphatic carbocycles. The molecule has 15 heavy (non-hydrogen) atoms. The van der Waals surface area contributed by atoms with Crippen LogP contribution < -0.4 is 5.66 Å². The second kappa shape index (κ2) is 4.18. The first-order chi connectivity index (χ1) is 7.16. The maximum Gasteiger partial charge on any atom is 0.526 e. The van der Waals surface area contributed by atoms with Gasteiger partial charge in [-0.15, -0.1) is 0 Å². The SMILES string of the molecule is OB(O)c1cc(-c2cc(Br)ccn2)co1. The summed E-state index contributed by atoms with van der Waals surface area (Å²) in [6.45, 7) is 0. The van der Waals surface area contributed by atoms with Crippen LogP contribution in [0.15, 0.2) is 39.5 Å². The summed E-state index contributed by atoms with van der Waals surface area (Å²) in [6, 6.07) is 5.17. The quantitative estimate of drug-likeness (QED) is 0.790. The summed E-state index contributed by atoms with van der Waals surface area (Å²) in [5, 5.41) is 17.7. The zero-order valence-electron chi connectivity index (χ0n) is 7.59. The molecule has 0 spiro atoms. The molecule has 6 heteroatoms. The first-order valence-electron chi connectivity index (χ1n) is 4.23. The van der Waals surface area contributed by atoms with Crippen LogP contribution in [-0.2, 0) is 0 Å². The van der Waals surface area contributed by atoms with E-state index in [9.17, 15) is 0 Å². The Kier molecular flexibility index (Phi) is 2.90. The van der Waals surface area contributed by atoms with Gasteiger partial charge >= 0.3 is 7.12 Å². The Bertz CT molecular complexity index is 472. The van der Waals surface area contributed by atoms with E-state index >= 15 is 0 Å². The van der Waals surface area contributed by atoms with Crippen LogP contribution in [0, 0.1) is 0 Å². The Morgan fingerprint density at radius 1 is 1.33 bits per heavy atom. The van der Waals surface area contributed by atoms with Crippen LogP contribution in [0.4, 0.5) is 0 Å². The molecule has 4 nitrogen and oxygen atoms in total. The van der Waals surface area contributed by atoms with Crippen molar-refractivity contribution in [2.75, 3.05) is 0 Å². The minimum Gasteiger partial charge on any atom is -0.472 e. The van der Waals surface area contributed by atoms with Gasteiger partial charge < -0.3 is 14.5 Å². The number of nitrogens with zero attached hydrogens (tertiary/aromatic N) is 1. The monoisotopic (exact) mass is 267 g/mol. The van der Waals surface area contributed by atoms with Crippen molar-refractivity contribution in [1.29, 1.82) is 0 Å². The largest absolute Gasteiger partial charge is 0.526 e. The maximum atomic E-state index is 8.87. The summed E-state index contributed by atoms with van der Waals surface area (Å²) >= 11 is 3.33. The van der Waals surface area contributed by atoms with E-state index in [0.29, 0.717) is 11.3 Å². The topological polar surface area (TPSA) is 66.5 Å². The van der Waals surface area contributed by atoms with E-state index in [0.717, 1.165) is 4.47 Å². The fourth-order valence-electron chi connectivity index (χ4n) is 1.19. The molecule has 2 aromatic heterocycles. The second-order valence-electron chi connectivity index (χ2n) is 2.97. The van der Waals surface area contributed by atoms with E-state index < -0.39 is 7.12 Å². The van der Waals surface area contributed by atoms with Crippen LogP contribution >= 0.6 is 15.9 Å². The molecule has 0 aliphatic heterocycles. The standard InChI is InChI=1S/C9H7BBrNO3/c11-7-1-2-12-8(4-7)6-3-9(10(13)14)15-5-6/h1-5,13-14H. The average molecular weight is 268 g/mol. The summed E-state index contributed by atoms with van der Waals surface area (Å²) in [5.74, 6) is 0. The van der Waals surface area contributed by atoms with Gasteiger partial charge in [-0.05, 0) is 18.2 Å². The van der Waals surface area contributed by atoms with Crippen molar-refractivity contribution < 1.29 is 14.5 Å². The van der Waals surface area contributed by atoms with Gasteiger partial charge in [0.2, 0.25) is 0 Å². The molecule has 0 radical (unpaired) electrons. The zero-order chi connectivity index (χ0) is 10.8. The molecule has 0 unspecified atom stereocenters. The van der Waals surface area contributed by atoms with Crippen LogP contribution in [0.3, 0.4) is 0 Å². The van der Waals surface area contributed by atoms with E-state index in [4.69, 9.17) is 14.5 Å². The lowest BCUT2D eigenvalue weighted by Crippen LogP contribution is -2.27. The number of halogens is 1. The molecule has 0 fully saturated rings. The van der Waals surface area contributed by atoms with Crippen molar-refractivity contribution in [1.82, 2.24) is 4.98 Å². The maximum absolute atomic E-state index is 8.87. The van der Waals surface area contributed by atoms with E-state index in [-0.39, 0.29) is 5.66 Å². The van der Waals surface area contributed by atoms with Crippen molar-refractivity contribution in [3.05, 3.63) is 35.1 Å². The molecule has 2 rings (SSSR count). The lowest BCUT2D eigenvalue weighted by Gasteiger charge is -1.95. The number of pyridine rings is 1. The molecule has 0 saturated heterocycles. The van der Waals surface area contributed by atoms with Gasteiger partial charge in [-0.3, -0.25) is 4.98 Å². The number of furan rings is 1. The van der Waals surface area contributed by atoms with Crippen molar-refractivity contribution in [3.63, 3.8) is 0 Å². The smallest absolute Gasteiger partial charge is 0.472 e. The third-order valence-electron chi connectivity index (χ3n) is 1.89. The van der Waals surface area contributed by atoms with Gasteiger partial charge in [0.25, 0.3) is 0 Å². The molecule has 0 aliphatic rings. The minimum absolute atomic E-state index is 0.103. The Hall–Kier alpha value is -1.11. The third kappa shape index (κ3) is 2.28. The molecule has 2 N–H and O–H groups in total. The number of rotatable bonds is 2. The molecule has 0 amide bonds. The van der Waals surface area contributed by atoms with Crippen LogP contribution in [-0.4, -0.2) is 22.2 Å². The third-order valence-corrected chi connectivity index (χ3v) is 2.39. The minimum atomic E-state index is -1.59. The van der Waals surface area contributed by atoms with E-state index in [1.54, 1.807) is 12.3 Å². The summed E-state index contributed by atoms with van der Waals surface area (Å²) < 4.78 is 5.87. The predicted molar refractivity (Wildman–Crippen MR) is 59.5 cm³/mol. The lowest BCUT2D eigenvalue weighted by molar-refractivity contribution is 0.409. The normalized spacial score (nSPS) is 10.3. The summed E-state index contributed by atoms with van der Waals surface area (Å²) in [6.07, 6.45) is 3.09. The van der Waals surface area contributed by atoms with Gasteiger partial charge in [0.1, 0.15) is 5.66 Å². The fraction of sp³-hybridized carbons (Fsp3) is 0. The Morgan fingerprint density at radius 2 is 2.13 bits per heavy atom. The van der Waals surface area contributed by atoms with Crippen LogP contribution in [0.1, 0.15) is 0 Å². The summed E-state index contributed by atoms with van der Waals surface area (Å²) in [4.78, 5) is 4.13. The highest BCUT2D eigenvalue weighted by Gasteiger charge is 2.16. The van der Waals surface area contributed by atoms with Gasteiger partial charge in [-0.1, -0.05) is 15.9 Å². The highest BCUT2D eigenvalue weighted by molar-refractivity contribution is 9.10. The Balaban J connectivity index is 2.37. The van der Waals surface area contributed by atoms with Crippen molar-refractivity contribution >= 4 is 28.7 Å². The molecular formula is C9H7BBrNO3. The fourth-order valence-corrected chi connectivity index (χ4v) is 1.52. The molecule has 0 atom stereocenters. The van der Waals surface area contributed by atoms with Gasteiger partial charge in [0, 0.05) is 16.2 Å². The first-order valence-corrected chi connectivity index (χ1v) is 5.02. The van der Waals surface area contributed by atoms with Crippen LogP contribution in [0.5, 0.6) is 0 Å². The molecule has 2 heterocycles. The Labute approximate surface area is 94.9 Å². The highest BCUT2D eigenvalue weighted by atomic mass is 79.9. The van der Waals surface area contributed by atoms with Gasteiger partial charge in [0.15, 0.2) is 0 Å². The molecule has 0 saturated carbocycles. The molecule has 0 aromatic carbocycles. The number of hydrogen-bond acceptors (Lipinski definition) is 4. The van der Waals surface area contributed by atoms with Gasteiger partial charge in [-0.2, -0.15) is 0 Å². The second-order valence-corrected chi connectivity index (χ2v) is 3.89. The van der Waals surface area contributed by atoms with Crippen molar-refractivity contribution in [3.8, 4) is 11.3 Å². The Morgan fingerprint density at radius 3 is 2.73 bits per heavy atom. The van der Waals surface area contributed by atoms with E-state index in [1.807, 2.05) is 12.1 Å². The number of aromatic nitrogens is 1. The van der Waals surface area contributed by atoms with Crippen molar-refractivity contribution in [2.24, 2.45) is 0 Å². The summed E-state index contributed by atoms with van der Waals surface area (Å²) in [5.41, 5.74) is 1.52. The van der Waals surface area contributed by atoms with E-state index in [1.165, 1.54) is 6.26 Å². The van der Waals surface area contributed by atoms with Crippen LogP contribution in [0.25, 0.3) is 11.3 Å². The number of hydrogen-bond donors (Lipinski definition) is 2. The van der Waals surface area contributed by atoms with Gasteiger partial charge in [-0.25, -0.2) is 0 Å². The van der Waals surface area contributed by atoms with E-state index in [2.05, 4.69) is 20.9 Å². The molecule has 2 aromatic rings.